The highest BCUT2D eigenvalue weighted by molar-refractivity contribution is 4.83. The highest BCUT2D eigenvalue weighted by Crippen LogP contribution is 2.33. The third-order valence-corrected chi connectivity index (χ3v) is 7.66. The van der Waals surface area contributed by atoms with Crippen molar-refractivity contribution in [1.82, 2.24) is 4.90 Å². The van der Waals surface area contributed by atoms with Crippen molar-refractivity contribution in [2.24, 2.45) is 11.8 Å². The summed E-state index contributed by atoms with van der Waals surface area (Å²) in [7, 11) is 0. The van der Waals surface area contributed by atoms with Gasteiger partial charge in [-0.3, -0.25) is 0 Å². The van der Waals surface area contributed by atoms with E-state index in [2.05, 4.69) is 18.7 Å². The first-order valence-electron chi connectivity index (χ1n) is 13.1. The third kappa shape index (κ3) is 9.82. The van der Waals surface area contributed by atoms with Crippen LogP contribution in [0.5, 0.6) is 0 Å². The maximum Gasteiger partial charge on any atom is 0.00954 e. The van der Waals surface area contributed by atoms with E-state index in [1.54, 1.807) is 0 Å². The first-order chi connectivity index (χ1) is 13.3. The molecule has 2 rings (SSSR count). The van der Waals surface area contributed by atoms with Gasteiger partial charge in [-0.05, 0) is 63.5 Å². The lowest BCUT2D eigenvalue weighted by Gasteiger charge is -2.41. The van der Waals surface area contributed by atoms with E-state index in [1.807, 2.05) is 0 Å². The Balaban J connectivity index is 1.46. The average Bonchev–Trinajstić information content (AvgIpc) is 2.71. The molecule has 2 aliphatic rings. The number of likely N-dealkylation sites (tertiary alicyclic amines) is 1. The Hall–Kier alpha value is -0.0400. The van der Waals surface area contributed by atoms with Gasteiger partial charge in [-0.2, -0.15) is 0 Å². The minimum absolute atomic E-state index is 0.941. The third-order valence-electron chi connectivity index (χ3n) is 7.66. The van der Waals surface area contributed by atoms with Gasteiger partial charge >= 0.3 is 0 Å². The lowest BCUT2D eigenvalue weighted by Crippen LogP contribution is -2.43. The van der Waals surface area contributed by atoms with Crippen LogP contribution >= 0.6 is 0 Å². The number of hydrogen-bond donors (Lipinski definition) is 0. The summed E-state index contributed by atoms with van der Waals surface area (Å²) in [6, 6.07) is 0.941. The molecule has 1 aliphatic heterocycles. The van der Waals surface area contributed by atoms with Crippen molar-refractivity contribution in [3.05, 3.63) is 0 Å². The first kappa shape index (κ1) is 23.2. The summed E-state index contributed by atoms with van der Waals surface area (Å²) < 4.78 is 0. The fourth-order valence-corrected chi connectivity index (χ4v) is 5.66. The van der Waals surface area contributed by atoms with E-state index in [4.69, 9.17) is 0 Å². The molecule has 0 amide bonds. The highest BCUT2D eigenvalue weighted by Gasteiger charge is 2.28. The second kappa shape index (κ2) is 14.9. The van der Waals surface area contributed by atoms with Gasteiger partial charge in [-0.1, -0.05) is 97.3 Å². The summed E-state index contributed by atoms with van der Waals surface area (Å²) in [6.45, 7) is 7.45. The molecule has 0 spiro atoms. The van der Waals surface area contributed by atoms with Gasteiger partial charge in [0.2, 0.25) is 0 Å². The van der Waals surface area contributed by atoms with Crippen molar-refractivity contribution >= 4 is 0 Å². The van der Waals surface area contributed by atoms with E-state index in [9.17, 15) is 0 Å². The number of rotatable bonds is 14. The van der Waals surface area contributed by atoms with E-state index in [0.717, 1.165) is 17.9 Å². The van der Waals surface area contributed by atoms with Crippen molar-refractivity contribution in [1.29, 1.82) is 0 Å². The summed E-state index contributed by atoms with van der Waals surface area (Å²) in [6.07, 6.45) is 28.1. The fourth-order valence-electron chi connectivity index (χ4n) is 5.66. The quantitative estimate of drug-likeness (QED) is 0.275. The lowest BCUT2D eigenvalue weighted by molar-refractivity contribution is 0.0900. The Morgan fingerprint density at radius 2 is 0.963 bits per heavy atom. The van der Waals surface area contributed by atoms with Crippen molar-refractivity contribution in [3.8, 4) is 0 Å². The number of unbranched alkanes of at least 4 members (excludes halogenated alkanes) is 9. The summed E-state index contributed by atoms with van der Waals surface area (Å²) in [4.78, 5) is 2.88. The van der Waals surface area contributed by atoms with Gasteiger partial charge in [-0.15, -0.1) is 0 Å². The van der Waals surface area contributed by atoms with E-state index in [0.29, 0.717) is 0 Å². The second-order valence-corrected chi connectivity index (χ2v) is 9.91. The molecule has 1 saturated carbocycles. The molecule has 1 nitrogen and oxygen atoms in total. The van der Waals surface area contributed by atoms with Crippen molar-refractivity contribution < 1.29 is 0 Å². The molecule has 0 N–H and O–H groups in total. The van der Waals surface area contributed by atoms with Crippen molar-refractivity contribution in [2.75, 3.05) is 13.1 Å². The van der Waals surface area contributed by atoms with Gasteiger partial charge in [0.25, 0.3) is 0 Å². The van der Waals surface area contributed by atoms with Crippen LogP contribution in [0.25, 0.3) is 0 Å². The molecule has 0 bridgehead atoms. The van der Waals surface area contributed by atoms with Crippen molar-refractivity contribution in [3.63, 3.8) is 0 Å². The van der Waals surface area contributed by atoms with Crippen LogP contribution in [0.3, 0.4) is 0 Å². The molecular formula is C26H51N. The Morgan fingerprint density at radius 3 is 1.56 bits per heavy atom. The van der Waals surface area contributed by atoms with E-state index >= 15 is 0 Å². The average molecular weight is 378 g/mol. The van der Waals surface area contributed by atoms with Gasteiger partial charge in [0, 0.05) is 6.04 Å². The maximum atomic E-state index is 2.88. The zero-order valence-corrected chi connectivity index (χ0v) is 19.0. The van der Waals surface area contributed by atoms with Gasteiger partial charge in [0.1, 0.15) is 0 Å². The maximum absolute atomic E-state index is 2.88. The minimum atomic E-state index is 0.941. The molecule has 160 valence electrons. The normalized spacial score (nSPS) is 25.1. The Labute approximate surface area is 172 Å². The summed E-state index contributed by atoms with van der Waals surface area (Å²) >= 11 is 0. The van der Waals surface area contributed by atoms with Crippen LogP contribution in [-0.2, 0) is 0 Å². The molecule has 0 aromatic rings. The van der Waals surface area contributed by atoms with Crippen LogP contribution in [0.2, 0.25) is 0 Å². The first-order valence-corrected chi connectivity index (χ1v) is 13.1. The van der Waals surface area contributed by atoms with E-state index in [-0.39, 0.29) is 0 Å². The van der Waals surface area contributed by atoms with Crippen LogP contribution in [0.15, 0.2) is 0 Å². The summed E-state index contributed by atoms with van der Waals surface area (Å²) in [5.74, 6) is 2.11. The Kier molecular flexibility index (Phi) is 12.8. The Morgan fingerprint density at radius 1 is 0.519 bits per heavy atom. The molecule has 1 heterocycles. The van der Waals surface area contributed by atoms with Gasteiger partial charge in [-0.25, -0.2) is 0 Å². The van der Waals surface area contributed by atoms with E-state index < -0.39 is 0 Å². The van der Waals surface area contributed by atoms with E-state index in [1.165, 1.54) is 135 Å². The standard InChI is InChI=1S/C26H51N/c1-3-5-7-8-9-10-11-13-15-24-16-18-26(19-17-24)27-22-20-25(21-23-27)14-12-6-4-2/h24-26H,3-23H2,1-2H3/t24-,26-. The largest absolute Gasteiger partial charge is 0.300 e. The monoisotopic (exact) mass is 377 g/mol. The molecule has 0 aromatic heterocycles. The molecule has 1 saturated heterocycles. The molecular weight excluding hydrogens is 326 g/mol. The van der Waals surface area contributed by atoms with Gasteiger partial charge < -0.3 is 4.90 Å². The molecule has 0 aromatic carbocycles. The van der Waals surface area contributed by atoms with Crippen LogP contribution in [0.1, 0.15) is 136 Å². The molecule has 0 atom stereocenters. The molecule has 1 heteroatoms. The smallest absolute Gasteiger partial charge is 0.00954 e. The predicted octanol–water partition coefficient (Wildman–Crippen LogP) is 8.37. The number of nitrogens with zero attached hydrogens (tertiary/aromatic N) is 1. The summed E-state index contributed by atoms with van der Waals surface area (Å²) in [5, 5.41) is 0. The molecule has 1 aliphatic carbocycles. The lowest BCUT2D eigenvalue weighted by atomic mass is 9.81. The van der Waals surface area contributed by atoms with Crippen molar-refractivity contribution in [2.45, 2.75) is 142 Å². The van der Waals surface area contributed by atoms with Crippen LogP contribution in [-0.4, -0.2) is 24.0 Å². The van der Waals surface area contributed by atoms with Gasteiger partial charge in [0.15, 0.2) is 0 Å². The molecule has 2 fully saturated rings. The second-order valence-electron chi connectivity index (χ2n) is 9.91. The number of piperidine rings is 1. The van der Waals surface area contributed by atoms with Crippen LogP contribution < -0.4 is 0 Å². The SMILES string of the molecule is CCCCCCCCCC[C@H]1CC[C@H](N2CCC(CCCCC)CC2)CC1. The van der Waals surface area contributed by atoms with Crippen LogP contribution in [0.4, 0.5) is 0 Å². The molecule has 27 heavy (non-hydrogen) atoms. The number of hydrogen-bond acceptors (Lipinski definition) is 1. The minimum Gasteiger partial charge on any atom is -0.300 e. The van der Waals surface area contributed by atoms with Gasteiger partial charge in [0.05, 0.1) is 0 Å². The summed E-state index contributed by atoms with van der Waals surface area (Å²) in [5.41, 5.74) is 0. The molecule has 0 radical (unpaired) electrons. The molecule has 0 unspecified atom stereocenters. The predicted molar refractivity (Wildman–Crippen MR) is 121 cm³/mol. The highest BCUT2D eigenvalue weighted by atomic mass is 15.2. The Bertz CT molecular complexity index is 323. The zero-order valence-electron chi connectivity index (χ0n) is 19.0. The topological polar surface area (TPSA) is 3.24 Å². The van der Waals surface area contributed by atoms with Crippen LogP contribution in [0, 0.1) is 11.8 Å². The zero-order chi connectivity index (χ0) is 19.2. The fraction of sp³-hybridized carbons (Fsp3) is 1.00.